The molecule has 166 valence electrons. The lowest BCUT2D eigenvalue weighted by Crippen LogP contribution is -2.42. The third-order valence-corrected chi connectivity index (χ3v) is 6.00. The van der Waals surface area contributed by atoms with E-state index in [1.165, 1.54) is 0 Å². The molecule has 8 nitrogen and oxygen atoms in total. The summed E-state index contributed by atoms with van der Waals surface area (Å²) in [5.74, 6) is -1.18. The summed E-state index contributed by atoms with van der Waals surface area (Å²) in [6, 6.07) is 15.1. The quantitative estimate of drug-likeness (QED) is 0.707. The Kier molecular flexibility index (Phi) is 5.94. The van der Waals surface area contributed by atoms with Crippen molar-refractivity contribution in [1.29, 1.82) is 0 Å². The van der Waals surface area contributed by atoms with Crippen LogP contribution in [0.15, 0.2) is 54.6 Å². The Morgan fingerprint density at radius 1 is 0.969 bits per heavy atom. The minimum absolute atomic E-state index is 0.132. The van der Waals surface area contributed by atoms with Crippen LogP contribution in [0.25, 0.3) is 0 Å². The molecule has 0 radical (unpaired) electrons. The van der Waals surface area contributed by atoms with Crippen LogP contribution in [0.1, 0.15) is 42.1 Å². The number of urea groups is 1. The molecule has 0 aromatic heterocycles. The van der Waals surface area contributed by atoms with Gasteiger partial charge >= 0.3 is 6.03 Å². The number of anilines is 1. The van der Waals surface area contributed by atoms with Crippen LogP contribution in [-0.2, 0) is 15.1 Å². The number of imide groups is 1. The first-order valence-corrected chi connectivity index (χ1v) is 10.8. The minimum Gasteiger partial charge on any atom is -0.339 e. The molecule has 2 fully saturated rings. The second-order valence-corrected chi connectivity index (χ2v) is 8.26. The number of carbonyl (C=O) groups excluding carboxylic acids is 4. The summed E-state index contributed by atoms with van der Waals surface area (Å²) in [6.45, 7) is 2.57. The summed E-state index contributed by atoms with van der Waals surface area (Å²) in [5, 5.41) is 5.39. The van der Waals surface area contributed by atoms with Crippen LogP contribution in [-0.4, -0.2) is 53.2 Å². The van der Waals surface area contributed by atoms with Crippen molar-refractivity contribution >= 4 is 29.4 Å². The van der Waals surface area contributed by atoms with Crippen molar-refractivity contribution < 1.29 is 19.2 Å². The largest absolute Gasteiger partial charge is 0.339 e. The maximum Gasteiger partial charge on any atom is 0.325 e. The molecule has 4 rings (SSSR count). The van der Waals surface area contributed by atoms with Gasteiger partial charge in [-0.3, -0.25) is 19.3 Å². The predicted molar refractivity (Wildman–Crippen MR) is 119 cm³/mol. The van der Waals surface area contributed by atoms with Gasteiger partial charge in [0, 0.05) is 13.1 Å². The molecule has 2 N–H and O–H groups in total. The maximum atomic E-state index is 13.0. The molecule has 1 atom stereocenters. The SMILES string of the molecule is C[C@@]1(c2ccccc2)NC(=O)N(CC(=O)Nc2ccccc2C(=O)N2CCCCC2)C1=O. The molecule has 0 spiro atoms. The van der Waals surface area contributed by atoms with Crippen molar-refractivity contribution in [3.8, 4) is 0 Å². The fourth-order valence-electron chi connectivity index (χ4n) is 4.19. The smallest absolute Gasteiger partial charge is 0.325 e. The normalized spacial score (nSPS) is 20.8. The van der Waals surface area contributed by atoms with Crippen molar-refractivity contribution in [3.05, 3.63) is 65.7 Å². The molecule has 5 amide bonds. The highest BCUT2D eigenvalue weighted by Gasteiger charge is 2.49. The topological polar surface area (TPSA) is 98.8 Å². The second-order valence-electron chi connectivity index (χ2n) is 8.26. The van der Waals surface area contributed by atoms with Crippen molar-refractivity contribution in [2.75, 3.05) is 25.0 Å². The van der Waals surface area contributed by atoms with E-state index in [0.717, 1.165) is 24.2 Å². The van der Waals surface area contributed by atoms with Crippen LogP contribution in [0.3, 0.4) is 0 Å². The Bertz CT molecular complexity index is 1050. The Morgan fingerprint density at radius 3 is 2.34 bits per heavy atom. The lowest BCUT2D eigenvalue weighted by atomic mass is 9.92. The van der Waals surface area contributed by atoms with Gasteiger partial charge in [-0.15, -0.1) is 0 Å². The highest BCUT2D eigenvalue weighted by Crippen LogP contribution is 2.28. The molecule has 0 aliphatic carbocycles. The van der Waals surface area contributed by atoms with Crippen LogP contribution in [0.5, 0.6) is 0 Å². The summed E-state index contributed by atoms with van der Waals surface area (Å²) < 4.78 is 0. The lowest BCUT2D eigenvalue weighted by molar-refractivity contribution is -0.133. The van der Waals surface area contributed by atoms with E-state index < -0.39 is 29.9 Å². The molecule has 2 aliphatic heterocycles. The van der Waals surface area contributed by atoms with E-state index in [1.807, 2.05) is 6.07 Å². The second kappa shape index (κ2) is 8.82. The molecule has 0 unspecified atom stereocenters. The van der Waals surface area contributed by atoms with Crippen molar-refractivity contribution in [2.45, 2.75) is 31.7 Å². The number of para-hydroxylation sites is 1. The third-order valence-electron chi connectivity index (χ3n) is 6.00. The molecular formula is C24H26N4O4. The number of hydrogen-bond acceptors (Lipinski definition) is 4. The number of rotatable bonds is 5. The van der Waals surface area contributed by atoms with Gasteiger partial charge in [-0.25, -0.2) is 4.79 Å². The Labute approximate surface area is 186 Å². The van der Waals surface area contributed by atoms with Gasteiger partial charge < -0.3 is 15.5 Å². The summed E-state index contributed by atoms with van der Waals surface area (Å²) in [7, 11) is 0. The minimum atomic E-state index is -1.24. The van der Waals surface area contributed by atoms with Crippen LogP contribution in [0.4, 0.5) is 10.5 Å². The predicted octanol–water partition coefficient (Wildman–Crippen LogP) is 2.72. The number of amides is 5. The number of piperidine rings is 1. The number of benzene rings is 2. The molecule has 8 heteroatoms. The third kappa shape index (κ3) is 4.08. The Hall–Kier alpha value is -3.68. The van der Waals surface area contributed by atoms with Gasteiger partial charge in [-0.1, -0.05) is 42.5 Å². The van der Waals surface area contributed by atoms with E-state index in [-0.39, 0.29) is 5.91 Å². The molecule has 2 aromatic rings. The number of hydrogen-bond donors (Lipinski definition) is 2. The zero-order valence-corrected chi connectivity index (χ0v) is 18.0. The summed E-state index contributed by atoms with van der Waals surface area (Å²) in [6.07, 6.45) is 3.04. The van der Waals surface area contributed by atoms with Crippen LogP contribution in [0.2, 0.25) is 0 Å². The van der Waals surface area contributed by atoms with Gasteiger partial charge in [0.1, 0.15) is 12.1 Å². The fourth-order valence-corrected chi connectivity index (χ4v) is 4.19. The number of likely N-dealkylation sites (tertiary alicyclic amines) is 1. The molecule has 0 bridgehead atoms. The van der Waals surface area contributed by atoms with E-state index in [0.29, 0.717) is 29.9 Å². The van der Waals surface area contributed by atoms with Gasteiger partial charge in [0.2, 0.25) is 5.91 Å². The summed E-state index contributed by atoms with van der Waals surface area (Å²) in [5.41, 5.74) is 0.166. The first-order valence-electron chi connectivity index (χ1n) is 10.8. The van der Waals surface area contributed by atoms with E-state index in [1.54, 1.807) is 60.4 Å². The number of nitrogens with one attached hydrogen (secondary N) is 2. The maximum absolute atomic E-state index is 13.0. The van der Waals surface area contributed by atoms with Crippen molar-refractivity contribution in [3.63, 3.8) is 0 Å². The van der Waals surface area contributed by atoms with Gasteiger partial charge in [-0.05, 0) is 43.9 Å². The van der Waals surface area contributed by atoms with E-state index in [9.17, 15) is 19.2 Å². The molecule has 2 heterocycles. The van der Waals surface area contributed by atoms with Gasteiger partial charge in [-0.2, -0.15) is 0 Å². The molecule has 2 saturated heterocycles. The first kappa shape index (κ1) is 21.5. The van der Waals surface area contributed by atoms with Crippen LogP contribution < -0.4 is 10.6 Å². The first-order chi connectivity index (χ1) is 15.4. The molecule has 2 aromatic carbocycles. The van der Waals surface area contributed by atoms with Gasteiger partial charge in [0.25, 0.3) is 11.8 Å². The molecular weight excluding hydrogens is 408 g/mol. The Balaban J connectivity index is 1.47. The van der Waals surface area contributed by atoms with Crippen molar-refractivity contribution in [2.24, 2.45) is 0 Å². The van der Waals surface area contributed by atoms with Gasteiger partial charge in [0.15, 0.2) is 0 Å². The Morgan fingerprint density at radius 2 is 1.62 bits per heavy atom. The zero-order chi connectivity index (χ0) is 22.7. The average molecular weight is 434 g/mol. The summed E-state index contributed by atoms with van der Waals surface area (Å²) in [4.78, 5) is 53.9. The lowest BCUT2D eigenvalue weighted by Gasteiger charge is -2.27. The molecule has 0 saturated carbocycles. The zero-order valence-electron chi connectivity index (χ0n) is 18.0. The highest BCUT2D eigenvalue weighted by atomic mass is 16.2. The number of carbonyl (C=O) groups is 4. The van der Waals surface area contributed by atoms with E-state index >= 15 is 0 Å². The monoisotopic (exact) mass is 434 g/mol. The highest BCUT2D eigenvalue weighted by molar-refractivity contribution is 6.11. The van der Waals surface area contributed by atoms with E-state index in [2.05, 4.69) is 10.6 Å². The fraction of sp³-hybridized carbons (Fsp3) is 0.333. The standard InChI is InChI=1S/C24H26N4O4/c1-24(17-10-4-2-5-11-17)22(31)28(23(32)26-24)16-20(29)25-19-13-7-6-12-18(19)21(30)27-14-8-3-9-15-27/h2,4-7,10-13H,3,8-9,14-16H2,1H3,(H,25,29)(H,26,32)/t24-/m0/s1. The van der Waals surface area contributed by atoms with Gasteiger partial charge in [0.05, 0.1) is 11.3 Å². The number of nitrogens with zero attached hydrogens (tertiary/aromatic N) is 2. The van der Waals surface area contributed by atoms with Crippen molar-refractivity contribution in [1.82, 2.24) is 15.1 Å². The summed E-state index contributed by atoms with van der Waals surface area (Å²) >= 11 is 0. The van der Waals surface area contributed by atoms with Crippen LogP contribution >= 0.6 is 0 Å². The van der Waals surface area contributed by atoms with E-state index in [4.69, 9.17) is 0 Å². The van der Waals surface area contributed by atoms with Crippen LogP contribution in [0, 0.1) is 0 Å². The average Bonchev–Trinajstić information content (AvgIpc) is 3.04. The molecule has 2 aliphatic rings. The molecule has 32 heavy (non-hydrogen) atoms.